The van der Waals surface area contributed by atoms with E-state index in [0.29, 0.717) is 0 Å². The molecule has 0 saturated carbocycles. The van der Waals surface area contributed by atoms with E-state index in [2.05, 4.69) is 195 Å². The van der Waals surface area contributed by atoms with Gasteiger partial charge in [-0.2, -0.15) is 0 Å². The average molecular weight is 670 g/mol. The summed E-state index contributed by atoms with van der Waals surface area (Å²) in [5.74, 6) is 0. The highest BCUT2D eigenvalue weighted by molar-refractivity contribution is 7.25. The van der Waals surface area contributed by atoms with Crippen molar-refractivity contribution in [2.45, 2.75) is 19.3 Å². The van der Waals surface area contributed by atoms with Crippen LogP contribution in [0.3, 0.4) is 0 Å². The van der Waals surface area contributed by atoms with E-state index in [0.717, 1.165) is 17.1 Å². The number of rotatable bonds is 5. The summed E-state index contributed by atoms with van der Waals surface area (Å²) in [6.45, 7) is 4.73. The van der Waals surface area contributed by atoms with Crippen molar-refractivity contribution in [3.8, 4) is 33.4 Å². The molecule has 10 rings (SSSR count). The monoisotopic (exact) mass is 669 g/mol. The minimum absolute atomic E-state index is 0.115. The van der Waals surface area contributed by atoms with Gasteiger partial charge in [0.2, 0.25) is 0 Å². The summed E-state index contributed by atoms with van der Waals surface area (Å²) in [4.78, 5) is 2.50. The van der Waals surface area contributed by atoms with Crippen molar-refractivity contribution in [2.75, 3.05) is 4.90 Å². The summed E-state index contributed by atoms with van der Waals surface area (Å²) >= 11 is 1.86. The third-order valence-corrected chi connectivity index (χ3v) is 12.0. The van der Waals surface area contributed by atoms with Crippen LogP contribution in [-0.4, -0.2) is 0 Å². The van der Waals surface area contributed by atoms with E-state index in [-0.39, 0.29) is 5.41 Å². The lowest BCUT2D eigenvalue weighted by Crippen LogP contribution is -2.17. The van der Waals surface area contributed by atoms with Gasteiger partial charge in [-0.05, 0) is 98.2 Å². The van der Waals surface area contributed by atoms with Crippen LogP contribution in [-0.2, 0) is 5.41 Å². The minimum atomic E-state index is -0.115. The maximum absolute atomic E-state index is 2.50. The summed E-state index contributed by atoms with van der Waals surface area (Å²) in [7, 11) is 0. The van der Waals surface area contributed by atoms with Crippen LogP contribution in [0.2, 0.25) is 0 Å². The van der Waals surface area contributed by atoms with Gasteiger partial charge in [0.1, 0.15) is 0 Å². The molecule has 0 bridgehead atoms. The molecule has 0 atom stereocenters. The van der Waals surface area contributed by atoms with Gasteiger partial charge < -0.3 is 4.90 Å². The molecular weight excluding hydrogens is 635 g/mol. The van der Waals surface area contributed by atoms with E-state index in [9.17, 15) is 0 Å². The third-order valence-electron chi connectivity index (χ3n) is 10.8. The van der Waals surface area contributed by atoms with E-state index in [4.69, 9.17) is 0 Å². The molecule has 1 aromatic heterocycles. The second-order valence-electron chi connectivity index (χ2n) is 14.2. The Morgan fingerprint density at radius 1 is 0.412 bits per heavy atom. The van der Waals surface area contributed by atoms with E-state index < -0.39 is 0 Å². The first-order valence-electron chi connectivity index (χ1n) is 17.7. The number of hydrogen-bond acceptors (Lipinski definition) is 2. The molecule has 1 nitrogen and oxygen atoms in total. The van der Waals surface area contributed by atoms with Crippen molar-refractivity contribution in [3.63, 3.8) is 0 Å². The lowest BCUT2D eigenvalue weighted by atomic mass is 9.82. The van der Waals surface area contributed by atoms with Crippen LogP contribution in [0.4, 0.5) is 17.1 Å². The Kier molecular flexibility index (Phi) is 6.78. The largest absolute Gasteiger partial charge is 0.310 e. The number of anilines is 3. The zero-order valence-corrected chi connectivity index (χ0v) is 29.4. The maximum Gasteiger partial charge on any atom is 0.0546 e. The van der Waals surface area contributed by atoms with Crippen molar-refractivity contribution in [3.05, 3.63) is 187 Å². The fourth-order valence-electron chi connectivity index (χ4n) is 8.24. The fraction of sp³-hybridized carbons (Fsp3) is 0.0612. The molecule has 1 aliphatic rings. The fourth-order valence-corrected chi connectivity index (χ4v) is 9.33. The van der Waals surface area contributed by atoms with Gasteiger partial charge in [-0.1, -0.05) is 141 Å². The smallest absolute Gasteiger partial charge is 0.0546 e. The second kappa shape index (κ2) is 11.6. The van der Waals surface area contributed by atoms with E-state index in [1.807, 2.05) is 11.3 Å². The van der Waals surface area contributed by atoms with Crippen LogP contribution < -0.4 is 4.90 Å². The van der Waals surface area contributed by atoms with E-state index >= 15 is 0 Å². The molecule has 51 heavy (non-hydrogen) atoms. The van der Waals surface area contributed by atoms with E-state index in [1.54, 1.807) is 0 Å². The van der Waals surface area contributed by atoms with Crippen molar-refractivity contribution >= 4 is 59.3 Å². The average Bonchev–Trinajstić information content (AvgIpc) is 3.66. The summed E-state index contributed by atoms with van der Waals surface area (Å²) in [5, 5.41) is 5.09. The maximum atomic E-state index is 2.50. The van der Waals surface area contributed by atoms with Crippen molar-refractivity contribution in [2.24, 2.45) is 0 Å². The molecule has 8 aromatic carbocycles. The second-order valence-corrected chi connectivity index (χ2v) is 15.3. The summed E-state index contributed by atoms with van der Waals surface area (Å²) in [6.07, 6.45) is 0. The molecule has 1 heterocycles. The Bertz CT molecular complexity index is 2790. The Labute approximate surface area is 302 Å². The van der Waals surface area contributed by atoms with Crippen LogP contribution >= 0.6 is 11.3 Å². The first-order valence-corrected chi connectivity index (χ1v) is 18.5. The SMILES string of the molecule is CC1(C)c2ccccc2-c2ccc(N(c3ccc4sc5ccccc5c4c3)c3cc(-c4ccc5ccccc5c4)ccc3-c3ccccc3)cc21. The van der Waals surface area contributed by atoms with Gasteiger partial charge in [0.05, 0.1) is 5.69 Å². The molecule has 0 aliphatic heterocycles. The molecule has 9 aromatic rings. The van der Waals surface area contributed by atoms with Gasteiger partial charge in [-0.25, -0.2) is 0 Å². The lowest BCUT2D eigenvalue weighted by Gasteiger charge is -2.30. The van der Waals surface area contributed by atoms with Gasteiger partial charge in [-0.3, -0.25) is 0 Å². The quantitative estimate of drug-likeness (QED) is 0.176. The molecule has 0 N–H and O–H groups in total. The van der Waals surface area contributed by atoms with Crippen LogP contribution in [0.1, 0.15) is 25.0 Å². The van der Waals surface area contributed by atoms with Gasteiger partial charge in [0, 0.05) is 42.5 Å². The number of thiophene rings is 1. The van der Waals surface area contributed by atoms with Gasteiger partial charge in [-0.15, -0.1) is 11.3 Å². The molecule has 0 radical (unpaired) electrons. The topological polar surface area (TPSA) is 3.24 Å². The first kappa shape index (κ1) is 29.9. The predicted molar refractivity (Wildman–Crippen MR) is 220 cm³/mol. The molecule has 0 unspecified atom stereocenters. The zero-order chi connectivity index (χ0) is 34.1. The Morgan fingerprint density at radius 2 is 1.06 bits per heavy atom. The molecule has 0 amide bonds. The van der Waals surface area contributed by atoms with E-state index in [1.165, 1.54) is 75.5 Å². The summed E-state index contributed by atoms with van der Waals surface area (Å²) < 4.78 is 2.62. The molecule has 1 aliphatic carbocycles. The number of benzene rings is 8. The zero-order valence-electron chi connectivity index (χ0n) is 28.6. The van der Waals surface area contributed by atoms with Crippen molar-refractivity contribution in [1.82, 2.24) is 0 Å². The minimum Gasteiger partial charge on any atom is -0.310 e. The Morgan fingerprint density at radius 3 is 1.96 bits per heavy atom. The van der Waals surface area contributed by atoms with Gasteiger partial charge in [0.15, 0.2) is 0 Å². The summed E-state index contributed by atoms with van der Waals surface area (Å²) in [6, 6.07) is 65.1. The predicted octanol–water partition coefficient (Wildman–Crippen LogP) is 14.3. The van der Waals surface area contributed by atoms with Gasteiger partial charge >= 0.3 is 0 Å². The van der Waals surface area contributed by atoms with Crippen LogP contribution in [0.15, 0.2) is 176 Å². The van der Waals surface area contributed by atoms with Gasteiger partial charge in [0.25, 0.3) is 0 Å². The van der Waals surface area contributed by atoms with Crippen LogP contribution in [0, 0.1) is 0 Å². The molecule has 0 fully saturated rings. The highest BCUT2D eigenvalue weighted by Gasteiger charge is 2.36. The third kappa shape index (κ3) is 4.82. The van der Waals surface area contributed by atoms with Crippen molar-refractivity contribution < 1.29 is 0 Å². The number of fused-ring (bicyclic) bond motifs is 7. The summed E-state index contributed by atoms with van der Waals surface area (Å²) in [5.41, 5.74) is 13.5. The lowest BCUT2D eigenvalue weighted by molar-refractivity contribution is 0.660. The molecule has 242 valence electrons. The van der Waals surface area contributed by atoms with Crippen LogP contribution in [0.5, 0.6) is 0 Å². The molecule has 0 saturated heterocycles. The number of hydrogen-bond donors (Lipinski definition) is 0. The number of nitrogens with zero attached hydrogens (tertiary/aromatic N) is 1. The Hall–Kier alpha value is -5.96. The molecule has 2 heteroatoms. The normalized spacial score (nSPS) is 13.1. The Balaban J connectivity index is 1.25. The first-order chi connectivity index (χ1) is 25.0. The van der Waals surface area contributed by atoms with Crippen LogP contribution in [0.25, 0.3) is 64.3 Å². The van der Waals surface area contributed by atoms with Crippen molar-refractivity contribution in [1.29, 1.82) is 0 Å². The highest BCUT2D eigenvalue weighted by Crippen LogP contribution is 2.52. The molecular formula is C49H35NS. The standard InChI is InChI=1S/C49H35NS/c1-49(2)44-18-10-8-16-40(44)41-26-23-38(31-45(41)49)50(37-24-27-48-43(30-37)42-17-9-11-19-47(42)51-48)46-29-36(22-25-39(46)33-13-4-3-5-14-33)35-21-20-32-12-6-7-15-34(32)28-35/h3-31H,1-2H3. The molecule has 0 spiro atoms. The highest BCUT2D eigenvalue weighted by atomic mass is 32.1.